The Labute approximate surface area is 209 Å². The third kappa shape index (κ3) is 5.47. The minimum Gasteiger partial charge on any atom is -0.492 e. The van der Waals surface area contributed by atoms with E-state index in [-0.39, 0.29) is 31.6 Å². The Balaban J connectivity index is 1.46. The van der Waals surface area contributed by atoms with E-state index in [2.05, 4.69) is 6.07 Å². The summed E-state index contributed by atoms with van der Waals surface area (Å²) >= 11 is 5.94. The zero-order chi connectivity index (χ0) is 24.8. The van der Waals surface area contributed by atoms with Crippen LogP contribution >= 0.6 is 11.6 Å². The van der Waals surface area contributed by atoms with Gasteiger partial charge in [-0.3, -0.25) is 9.59 Å². The third-order valence-electron chi connectivity index (χ3n) is 6.16. The molecular weight excluding hydrogens is 464 g/mol. The summed E-state index contributed by atoms with van der Waals surface area (Å²) in [4.78, 5) is 27.6. The van der Waals surface area contributed by atoms with Crippen molar-refractivity contribution < 1.29 is 19.1 Å². The molecule has 0 bridgehead atoms. The molecule has 6 nitrogen and oxygen atoms in total. The summed E-state index contributed by atoms with van der Waals surface area (Å²) in [5, 5.41) is 9.52. The van der Waals surface area contributed by atoms with Gasteiger partial charge in [0.2, 0.25) is 0 Å². The minimum absolute atomic E-state index is 0.104. The molecule has 1 unspecified atom stereocenters. The van der Waals surface area contributed by atoms with Crippen molar-refractivity contribution in [1.82, 2.24) is 4.90 Å². The summed E-state index contributed by atoms with van der Waals surface area (Å²) in [6.07, 6.45) is 0.453. The van der Waals surface area contributed by atoms with Crippen molar-refractivity contribution in [2.24, 2.45) is 5.41 Å². The number of carbonyl (C=O) groups excluding carboxylic acids is 2. The molecule has 3 aromatic rings. The monoisotopic (exact) mass is 488 g/mol. The van der Waals surface area contributed by atoms with Crippen molar-refractivity contribution in [3.8, 4) is 22.9 Å². The Morgan fingerprint density at radius 2 is 1.63 bits per heavy atom. The first kappa shape index (κ1) is 24.3. The maximum atomic E-state index is 13.0. The molecule has 0 N–H and O–H groups in total. The maximum absolute atomic E-state index is 13.0. The van der Waals surface area contributed by atoms with E-state index in [9.17, 15) is 9.59 Å². The number of hydrogen-bond donors (Lipinski definition) is 0. The van der Waals surface area contributed by atoms with Crippen molar-refractivity contribution in [2.45, 2.75) is 13.3 Å². The molecule has 1 aliphatic rings. The van der Waals surface area contributed by atoms with Crippen LogP contribution in [-0.4, -0.2) is 43.1 Å². The number of nitrogens with zero attached hydrogens (tertiary/aromatic N) is 2. The van der Waals surface area contributed by atoms with Gasteiger partial charge in [0.15, 0.2) is 0 Å². The van der Waals surface area contributed by atoms with E-state index in [1.807, 2.05) is 36.4 Å². The van der Waals surface area contributed by atoms with Gasteiger partial charge >= 0.3 is 5.97 Å². The third-order valence-corrected chi connectivity index (χ3v) is 6.41. The lowest BCUT2D eigenvalue weighted by atomic mass is 9.88. The van der Waals surface area contributed by atoms with Crippen LogP contribution in [0.2, 0.25) is 5.02 Å². The zero-order valence-electron chi connectivity index (χ0n) is 19.4. The molecule has 3 aromatic carbocycles. The number of halogens is 1. The van der Waals surface area contributed by atoms with E-state index in [0.29, 0.717) is 34.9 Å². The highest BCUT2D eigenvalue weighted by Crippen LogP contribution is 2.34. The average molecular weight is 489 g/mol. The molecule has 1 aliphatic heterocycles. The number of ether oxygens (including phenoxy) is 2. The molecule has 1 saturated heterocycles. The SMILES string of the molecule is CCOC(=O)C1(COc2ccc(-c3ccc(C#N)cc3)cc2)CCN(C(=O)c2ccc(Cl)cc2)C1. The molecule has 35 heavy (non-hydrogen) atoms. The normalized spacial score (nSPS) is 17.0. The van der Waals surface area contributed by atoms with Crippen molar-refractivity contribution in [3.05, 3.63) is 88.9 Å². The smallest absolute Gasteiger partial charge is 0.317 e. The quantitative estimate of drug-likeness (QED) is 0.419. The van der Waals surface area contributed by atoms with Crippen LogP contribution in [0.25, 0.3) is 11.1 Å². The number of carbonyl (C=O) groups is 2. The summed E-state index contributed by atoms with van der Waals surface area (Å²) < 4.78 is 11.4. The van der Waals surface area contributed by atoms with Crippen LogP contribution in [0.15, 0.2) is 72.8 Å². The molecule has 7 heteroatoms. The van der Waals surface area contributed by atoms with Crippen LogP contribution in [0.3, 0.4) is 0 Å². The largest absolute Gasteiger partial charge is 0.492 e. The van der Waals surface area contributed by atoms with Crippen molar-refractivity contribution in [1.29, 1.82) is 5.26 Å². The van der Waals surface area contributed by atoms with Gasteiger partial charge in [-0.1, -0.05) is 35.9 Å². The van der Waals surface area contributed by atoms with Crippen molar-refractivity contribution >= 4 is 23.5 Å². The first-order valence-corrected chi connectivity index (χ1v) is 11.8. The topological polar surface area (TPSA) is 79.6 Å². The van der Waals surface area contributed by atoms with E-state index in [1.54, 1.807) is 48.2 Å². The lowest BCUT2D eigenvalue weighted by Gasteiger charge is -2.27. The highest BCUT2D eigenvalue weighted by Gasteiger charge is 2.48. The lowest BCUT2D eigenvalue weighted by molar-refractivity contribution is -0.156. The van der Waals surface area contributed by atoms with E-state index < -0.39 is 5.41 Å². The summed E-state index contributed by atoms with van der Waals surface area (Å²) in [6, 6.07) is 23.7. The Bertz CT molecular complexity index is 1230. The van der Waals surface area contributed by atoms with Gasteiger partial charge in [0.1, 0.15) is 17.8 Å². The minimum atomic E-state index is -0.941. The lowest BCUT2D eigenvalue weighted by Crippen LogP contribution is -2.42. The van der Waals surface area contributed by atoms with Gasteiger partial charge in [0.25, 0.3) is 5.91 Å². The molecule has 1 atom stereocenters. The molecule has 0 spiro atoms. The van der Waals surface area contributed by atoms with Crippen LogP contribution < -0.4 is 4.74 Å². The molecule has 4 rings (SSSR count). The summed E-state index contributed by atoms with van der Waals surface area (Å²) in [5.74, 6) is 0.105. The average Bonchev–Trinajstić information content (AvgIpc) is 3.34. The van der Waals surface area contributed by atoms with Crippen LogP contribution in [0.1, 0.15) is 29.3 Å². The van der Waals surface area contributed by atoms with Gasteiger partial charge in [-0.2, -0.15) is 5.26 Å². The van der Waals surface area contributed by atoms with Gasteiger partial charge in [0, 0.05) is 23.7 Å². The second-order valence-electron chi connectivity index (χ2n) is 8.49. The first-order valence-electron chi connectivity index (χ1n) is 11.4. The van der Waals surface area contributed by atoms with Crippen molar-refractivity contribution in [3.63, 3.8) is 0 Å². The Kier molecular flexibility index (Phi) is 7.38. The zero-order valence-corrected chi connectivity index (χ0v) is 20.1. The van der Waals surface area contributed by atoms with Gasteiger partial charge in [-0.25, -0.2) is 0 Å². The van der Waals surface area contributed by atoms with Crippen LogP contribution in [0, 0.1) is 16.7 Å². The fourth-order valence-corrected chi connectivity index (χ4v) is 4.28. The van der Waals surface area contributed by atoms with Gasteiger partial charge in [0.05, 0.1) is 18.2 Å². The number of hydrogen-bond acceptors (Lipinski definition) is 5. The molecule has 0 radical (unpaired) electrons. The summed E-state index contributed by atoms with van der Waals surface area (Å²) in [6.45, 7) is 2.77. The first-order chi connectivity index (χ1) is 16.9. The van der Waals surface area contributed by atoms with Crippen LogP contribution in [-0.2, 0) is 9.53 Å². The number of likely N-dealkylation sites (tertiary alicyclic amines) is 1. The standard InChI is InChI=1S/C28H25ClN2O4/c1-2-34-27(33)28(15-16-31(18-28)26(32)23-7-11-24(29)12-8-23)19-35-25-13-9-22(10-14-25)21-5-3-20(17-30)4-6-21/h3-14H,2,15-16,18-19H2,1H3. The number of rotatable bonds is 7. The van der Waals surface area contributed by atoms with Crippen LogP contribution in [0.4, 0.5) is 0 Å². The molecule has 178 valence electrons. The Morgan fingerprint density at radius 3 is 2.23 bits per heavy atom. The number of amides is 1. The second-order valence-corrected chi connectivity index (χ2v) is 8.92. The Hall–Kier alpha value is -3.82. The summed E-state index contributed by atoms with van der Waals surface area (Å²) in [7, 11) is 0. The molecule has 0 aromatic heterocycles. The molecule has 1 heterocycles. The van der Waals surface area contributed by atoms with Crippen LogP contribution in [0.5, 0.6) is 5.75 Å². The second kappa shape index (κ2) is 10.6. The summed E-state index contributed by atoms with van der Waals surface area (Å²) in [5.41, 5.74) is 2.17. The number of benzene rings is 3. The van der Waals surface area contributed by atoms with Gasteiger partial charge < -0.3 is 14.4 Å². The predicted octanol–water partition coefficient (Wildman–Crippen LogP) is 5.35. The van der Waals surface area contributed by atoms with Gasteiger partial charge in [-0.15, -0.1) is 0 Å². The molecule has 0 aliphatic carbocycles. The predicted molar refractivity (Wildman–Crippen MR) is 133 cm³/mol. The maximum Gasteiger partial charge on any atom is 0.317 e. The molecule has 0 saturated carbocycles. The molecule has 1 fully saturated rings. The van der Waals surface area contributed by atoms with E-state index in [0.717, 1.165) is 11.1 Å². The fraction of sp³-hybridized carbons (Fsp3) is 0.250. The Morgan fingerprint density at radius 1 is 1.00 bits per heavy atom. The van der Waals surface area contributed by atoms with E-state index >= 15 is 0 Å². The number of esters is 1. The van der Waals surface area contributed by atoms with Crippen molar-refractivity contribution in [2.75, 3.05) is 26.3 Å². The molecular formula is C28H25ClN2O4. The van der Waals surface area contributed by atoms with E-state index in [1.165, 1.54) is 0 Å². The fourth-order valence-electron chi connectivity index (χ4n) is 4.15. The highest BCUT2D eigenvalue weighted by molar-refractivity contribution is 6.30. The van der Waals surface area contributed by atoms with Gasteiger partial charge in [-0.05, 0) is 73.0 Å². The van der Waals surface area contributed by atoms with E-state index in [4.69, 9.17) is 26.3 Å². The molecule has 1 amide bonds. The number of nitriles is 1. The highest BCUT2D eigenvalue weighted by atomic mass is 35.5.